The number of carbonyl (C=O) groups is 2. The van der Waals surface area contributed by atoms with E-state index in [9.17, 15) is 18.4 Å². The van der Waals surface area contributed by atoms with Gasteiger partial charge in [-0.15, -0.1) is 0 Å². The smallest absolute Gasteiger partial charge is 0.320 e. The van der Waals surface area contributed by atoms with E-state index in [-0.39, 0.29) is 41.0 Å². The van der Waals surface area contributed by atoms with Crippen LogP contribution < -0.4 is 21.3 Å². The second-order valence-electron chi connectivity index (χ2n) is 19.4. The summed E-state index contributed by atoms with van der Waals surface area (Å²) in [4.78, 5) is 31.3. The highest BCUT2D eigenvalue weighted by Gasteiger charge is 2.37. The molecule has 4 amide bonds. The van der Waals surface area contributed by atoms with Gasteiger partial charge in [0.1, 0.15) is 34.7 Å². The second-order valence-corrected chi connectivity index (χ2v) is 20.3. The average Bonchev–Trinajstić information content (AvgIpc) is 4.38. The summed E-state index contributed by atoms with van der Waals surface area (Å²) in [5.74, 6) is -0.0326. The quantitative estimate of drug-likeness (QED) is 0.0729. The molecule has 2 aliphatic heterocycles. The Balaban J connectivity index is 0.000000190. The minimum absolute atomic E-state index is 0.0734. The first-order chi connectivity index (χ1) is 37.7. The zero-order valence-corrected chi connectivity index (χ0v) is 45.6. The number of halogens is 4. The number of ether oxygens (including phenoxy) is 2. The molecule has 4 aromatic heterocycles. The first-order valence-electron chi connectivity index (χ1n) is 25.4. The highest BCUT2D eigenvalue weighted by atomic mass is 35.5. The summed E-state index contributed by atoms with van der Waals surface area (Å²) in [6, 6.07) is 27.3. The van der Waals surface area contributed by atoms with E-state index in [1.807, 2.05) is 107 Å². The summed E-state index contributed by atoms with van der Waals surface area (Å²) in [5.41, 5.74) is 7.92. The molecule has 6 heterocycles. The number of amides is 4. The fraction of sp³-hybridized carbons (Fsp3) is 0.321. The predicted molar refractivity (Wildman–Crippen MR) is 298 cm³/mol. The van der Waals surface area contributed by atoms with Gasteiger partial charge in [-0.3, -0.25) is 29.8 Å². The van der Waals surface area contributed by atoms with E-state index in [4.69, 9.17) is 42.9 Å². The third-order valence-electron chi connectivity index (χ3n) is 14.0. The van der Waals surface area contributed by atoms with Gasteiger partial charge in [0.05, 0.1) is 54.1 Å². The van der Waals surface area contributed by atoms with Crippen molar-refractivity contribution in [1.29, 1.82) is 0 Å². The van der Waals surface area contributed by atoms with Crippen LogP contribution >= 0.6 is 23.2 Å². The molecule has 2 saturated heterocycles. The SMILES string of the molecule is COCCN1C[C@@H](NC(=O)Nc2c(C)c(-c3cnn(C)c3)nn2-c2ccccc2)[C@H](c2cc(F)cc(Cl)c2)C1.COCCN1C[C@@H](NC(=O)Nc2c(C)c(-c3cnn(C)c3)nn2-c2ccccc2)[C@H](c2ccc(Cl)c(F)c2)C1. The molecule has 78 heavy (non-hydrogen) atoms. The Morgan fingerprint density at radius 1 is 0.628 bits per heavy atom. The maximum atomic E-state index is 14.3. The van der Waals surface area contributed by atoms with Crippen molar-refractivity contribution in [3.63, 3.8) is 0 Å². The fourth-order valence-electron chi connectivity index (χ4n) is 10.1. The molecule has 2 fully saturated rings. The molecule has 0 bridgehead atoms. The molecule has 0 unspecified atom stereocenters. The first kappa shape index (κ1) is 55.3. The third kappa shape index (κ3) is 12.9. The number of nitrogens with one attached hydrogen (secondary N) is 4. The normalized spacial score (nSPS) is 17.5. The minimum atomic E-state index is -0.474. The van der Waals surface area contributed by atoms with E-state index in [0.717, 1.165) is 56.1 Å². The van der Waals surface area contributed by atoms with E-state index in [0.29, 0.717) is 69.1 Å². The minimum Gasteiger partial charge on any atom is -0.383 e. The van der Waals surface area contributed by atoms with Crippen LogP contribution in [0.4, 0.5) is 30.0 Å². The van der Waals surface area contributed by atoms with Crippen molar-refractivity contribution in [2.45, 2.75) is 37.8 Å². The van der Waals surface area contributed by atoms with E-state index in [1.54, 1.807) is 57.5 Å². The van der Waals surface area contributed by atoms with Gasteiger partial charge in [-0.25, -0.2) is 27.7 Å². The monoisotopic (exact) mass is 1100 g/mol. The van der Waals surface area contributed by atoms with Crippen LogP contribution in [0.5, 0.6) is 0 Å². The van der Waals surface area contributed by atoms with Gasteiger partial charge in [-0.2, -0.15) is 20.4 Å². The van der Waals surface area contributed by atoms with Crippen LogP contribution in [0.1, 0.15) is 34.1 Å². The third-order valence-corrected chi connectivity index (χ3v) is 14.5. The summed E-state index contributed by atoms with van der Waals surface area (Å²) in [5, 5.41) is 30.9. The highest BCUT2D eigenvalue weighted by Crippen LogP contribution is 2.35. The molecule has 8 aromatic rings. The van der Waals surface area contributed by atoms with Gasteiger partial charge in [0, 0.05) is 119 Å². The summed E-state index contributed by atoms with van der Waals surface area (Å²) >= 11 is 12.1. The summed E-state index contributed by atoms with van der Waals surface area (Å²) in [6.07, 6.45) is 7.27. The van der Waals surface area contributed by atoms with Crippen molar-refractivity contribution in [2.75, 3.05) is 77.3 Å². The van der Waals surface area contributed by atoms with E-state index in [2.05, 4.69) is 41.3 Å². The number of benzene rings is 4. The number of hydrogen-bond acceptors (Lipinski definition) is 10. The van der Waals surface area contributed by atoms with E-state index >= 15 is 0 Å². The molecule has 18 nitrogen and oxygen atoms in total. The number of likely N-dealkylation sites (tertiary alicyclic amines) is 2. The first-order valence-corrected chi connectivity index (χ1v) is 26.2. The molecule has 0 aliphatic carbocycles. The van der Waals surface area contributed by atoms with Gasteiger partial charge in [-0.05, 0) is 79.6 Å². The Labute approximate surface area is 461 Å². The van der Waals surface area contributed by atoms with Crippen LogP contribution in [0.15, 0.2) is 122 Å². The average molecular weight is 1100 g/mol. The largest absolute Gasteiger partial charge is 0.383 e. The Morgan fingerprint density at radius 2 is 1.10 bits per heavy atom. The predicted octanol–water partition coefficient (Wildman–Crippen LogP) is 9.22. The number of carbonyl (C=O) groups excluding carboxylic acids is 2. The zero-order chi connectivity index (χ0) is 55.0. The van der Waals surface area contributed by atoms with Crippen LogP contribution in [-0.2, 0) is 23.6 Å². The summed E-state index contributed by atoms with van der Waals surface area (Å²) in [7, 11) is 7.00. The fourth-order valence-corrected chi connectivity index (χ4v) is 10.5. The van der Waals surface area contributed by atoms with Crippen molar-refractivity contribution >= 4 is 46.9 Å². The van der Waals surface area contributed by atoms with Gasteiger partial charge in [0.2, 0.25) is 0 Å². The van der Waals surface area contributed by atoms with Crippen LogP contribution in [0.25, 0.3) is 33.9 Å². The molecule has 0 saturated carbocycles. The van der Waals surface area contributed by atoms with Crippen LogP contribution in [-0.4, -0.2) is 140 Å². The molecule has 4 atom stereocenters. The van der Waals surface area contributed by atoms with Crippen LogP contribution in [0.3, 0.4) is 0 Å². The summed E-state index contributed by atoms with van der Waals surface area (Å²) in [6.45, 7) is 8.85. The van der Waals surface area contributed by atoms with Gasteiger partial charge in [0.15, 0.2) is 0 Å². The number of nitrogens with zero attached hydrogens (tertiary/aromatic N) is 10. The van der Waals surface area contributed by atoms with E-state index in [1.165, 1.54) is 18.2 Å². The molecule has 10 rings (SSSR count). The van der Waals surface area contributed by atoms with Gasteiger partial charge in [-0.1, -0.05) is 65.7 Å². The summed E-state index contributed by atoms with van der Waals surface area (Å²) < 4.78 is 45.9. The standard InChI is InChI=1S/2C28H31ClFN7O2/c1-18-26(20-14-31-35(2)15-20)34-37(23-7-5-4-6-8-23)27(18)33-28(38)32-25-17-36(9-10-39-3)16-24(25)19-11-21(29)13-22(30)12-19;1-18-26(20-14-31-35(2)15-20)34-37(21-7-5-4-6-8-21)27(18)33-28(38)32-25-17-36(11-12-39-3)16-22(25)19-9-10-23(29)24(30)13-19/h4-8,11-15,24-25H,9-10,16-17H2,1-3H3,(H2,32,33,38);4-10,13-15,22,25H,11-12,16-17H2,1-3H3,(H2,32,33,38)/t24-,25+;22-,25+/m00/s1. The van der Waals surface area contributed by atoms with Crippen molar-refractivity contribution < 1.29 is 27.8 Å². The Bertz CT molecular complexity index is 3330. The molecular formula is C56H62Cl2F2N14O4. The lowest BCUT2D eigenvalue weighted by atomic mass is 9.94. The Hall–Kier alpha value is -7.46. The number of methoxy groups -OCH3 is 2. The number of rotatable bonds is 16. The lowest BCUT2D eigenvalue weighted by molar-refractivity contribution is 0.159. The van der Waals surface area contributed by atoms with Gasteiger partial charge < -0.3 is 20.1 Å². The molecule has 22 heteroatoms. The maximum Gasteiger partial charge on any atom is 0.320 e. The number of aryl methyl sites for hydroxylation is 2. The molecule has 0 spiro atoms. The van der Waals surface area contributed by atoms with Crippen molar-refractivity contribution in [1.82, 2.24) is 59.6 Å². The van der Waals surface area contributed by atoms with Gasteiger partial charge >= 0.3 is 12.1 Å². The number of hydrogen-bond donors (Lipinski definition) is 4. The second kappa shape index (κ2) is 24.9. The van der Waals surface area contributed by atoms with Crippen molar-refractivity contribution in [3.05, 3.63) is 166 Å². The number of aromatic nitrogens is 8. The highest BCUT2D eigenvalue weighted by molar-refractivity contribution is 6.31. The van der Waals surface area contributed by atoms with Crippen molar-refractivity contribution in [3.8, 4) is 33.9 Å². The molecule has 4 aromatic carbocycles. The Kier molecular flexibility index (Phi) is 17.7. The molecule has 4 N–H and O–H groups in total. The van der Waals surface area contributed by atoms with E-state index < -0.39 is 11.6 Å². The van der Waals surface area contributed by atoms with Gasteiger partial charge in [0.25, 0.3) is 0 Å². The zero-order valence-electron chi connectivity index (χ0n) is 44.1. The molecule has 2 aliphatic rings. The number of para-hydroxylation sites is 2. The van der Waals surface area contributed by atoms with Crippen LogP contribution in [0.2, 0.25) is 10.0 Å². The maximum absolute atomic E-state index is 14.3. The lowest BCUT2D eigenvalue weighted by Gasteiger charge is -2.21. The van der Waals surface area contributed by atoms with Crippen LogP contribution in [0, 0.1) is 25.5 Å². The van der Waals surface area contributed by atoms with Crippen molar-refractivity contribution in [2.24, 2.45) is 14.1 Å². The molecule has 0 radical (unpaired) electrons. The molecular weight excluding hydrogens is 1040 g/mol. The lowest BCUT2D eigenvalue weighted by Crippen LogP contribution is -2.42. The topological polar surface area (TPSA) is 178 Å². The molecule has 408 valence electrons. The number of anilines is 2. The number of urea groups is 2. The Morgan fingerprint density at radius 3 is 1.53 bits per heavy atom.